The molecule has 1 amide bonds. The van der Waals surface area contributed by atoms with Crippen molar-refractivity contribution in [3.8, 4) is 0 Å². The molecular formula is C12H24N2O. The van der Waals surface area contributed by atoms with Gasteiger partial charge >= 0.3 is 0 Å². The molecule has 1 saturated carbocycles. The number of rotatable bonds is 6. The molecule has 3 atom stereocenters. The minimum atomic E-state index is 0.0431. The van der Waals surface area contributed by atoms with Crippen LogP contribution in [0.1, 0.15) is 39.5 Å². The van der Waals surface area contributed by atoms with Crippen LogP contribution in [0.3, 0.4) is 0 Å². The number of hydrogen-bond acceptors (Lipinski definition) is 2. The summed E-state index contributed by atoms with van der Waals surface area (Å²) in [5.74, 6) is 1.75. The Morgan fingerprint density at radius 3 is 2.67 bits per heavy atom. The van der Waals surface area contributed by atoms with E-state index in [2.05, 4.69) is 13.8 Å². The van der Waals surface area contributed by atoms with E-state index in [0.29, 0.717) is 6.42 Å². The minimum Gasteiger partial charge on any atom is -0.345 e. The third-order valence-corrected chi connectivity index (χ3v) is 3.31. The van der Waals surface area contributed by atoms with Crippen LogP contribution in [0.4, 0.5) is 0 Å². The summed E-state index contributed by atoms with van der Waals surface area (Å²) in [7, 11) is 1.89. The third kappa shape index (κ3) is 4.20. The lowest BCUT2D eigenvalue weighted by Crippen LogP contribution is -2.34. The minimum absolute atomic E-state index is 0.0431. The third-order valence-electron chi connectivity index (χ3n) is 3.31. The first kappa shape index (κ1) is 12.5. The zero-order chi connectivity index (χ0) is 11.4. The standard InChI is InChI=1S/C12H24N2O/c1-4-5-11(13)7-12(15)14(3)8-10-6-9(10)2/h9-11H,4-8,13H2,1-3H3. The molecule has 0 aliphatic heterocycles. The van der Waals surface area contributed by atoms with Gasteiger partial charge in [0.2, 0.25) is 5.91 Å². The molecule has 1 rings (SSSR count). The molecule has 0 saturated heterocycles. The highest BCUT2D eigenvalue weighted by molar-refractivity contribution is 5.76. The van der Waals surface area contributed by atoms with Crippen LogP contribution in [-0.2, 0) is 4.79 Å². The molecule has 3 unspecified atom stereocenters. The maximum Gasteiger partial charge on any atom is 0.223 e. The second-order valence-electron chi connectivity index (χ2n) is 5.00. The molecule has 1 aliphatic rings. The molecule has 15 heavy (non-hydrogen) atoms. The molecule has 88 valence electrons. The quantitative estimate of drug-likeness (QED) is 0.727. The van der Waals surface area contributed by atoms with Crippen LogP contribution in [0.25, 0.3) is 0 Å². The maximum absolute atomic E-state index is 11.7. The van der Waals surface area contributed by atoms with Gasteiger partial charge < -0.3 is 10.6 Å². The summed E-state index contributed by atoms with van der Waals surface area (Å²) in [6.07, 6.45) is 3.78. The molecule has 0 aromatic rings. The van der Waals surface area contributed by atoms with Crippen molar-refractivity contribution in [2.75, 3.05) is 13.6 Å². The molecule has 0 radical (unpaired) electrons. The predicted molar refractivity (Wildman–Crippen MR) is 62.4 cm³/mol. The first-order valence-corrected chi connectivity index (χ1v) is 6.04. The molecule has 2 N–H and O–H groups in total. The van der Waals surface area contributed by atoms with Gasteiger partial charge in [-0.1, -0.05) is 20.3 Å². The van der Waals surface area contributed by atoms with Crippen molar-refractivity contribution in [2.45, 2.75) is 45.6 Å². The van der Waals surface area contributed by atoms with Gasteiger partial charge in [-0.15, -0.1) is 0 Å². The van der Waals surface area contributed by atoms with Gasteiger partial charge in [0.05, 0.1) is 0 Å². The number of carbonyl (C=O) groups excluding carboxylic acids is 1. The number of hydrogen-bond donors (Lipinski definition) is 1. The largest absolute Gasteiger partial charge is 0.345 e. The SMILES string of the molecule is CCCC(N)CC(=O)N(C)CC1CC1C. The van der Waals surface area contributed by atoms with Crippen LogP contribution < -0.4 is 5.73 Å². The van der Waals surface area contributed by atoms with Gasteiger partial charge in [-0.2, -0.15) is 0 Å². The zero-order valence-corrected chi connectivity index (χ0v) is 10.2. The van der Waals surface area contributed by atoms with Crippen molar-refractivity contribution in [1.82, 2.24) is 4.90 Å². The molecule has 0 aromatic heterocycles. The van der Waals surface area contributed by atoms with Gasteiger partial charge in [0.1, 0.15) is 0 Å². The molecule has 3 heteroatoms. The van der Waals surface area contributed by atoms with Gasteiger partial charge in [-0.25, -0.2) is 0 Å². The van der Waals surface area contributed by atoms with E-state index in [9.17, 15) is 4.79 Å². The molecule has 3 nitrogen and oxygen atoms in total. The number of nitrogens with two attached hydrogens (primary N) is 1. The molecule has 0 aromatic carbocycles. The summed E-state index contributed by atoms with van der Waals surface area (Å²) < 4.78 is 0. The van der Waals surface area contributed by atoms with Gasteiger partial charge in [-0.05, 0) is 24.7 Å². The average molecular weight is 212 g/mol. The van der Waals surface area contributed by atoms with Gasteiger partial charge in [0.25, 0.3) is 0 Å². The number of nitrogens with zero attached hydrogens (tertiary/aromatic N) is 1. The van der Waals surface area contributed by atoms with Crippen LogP contribution in [0.15, 0.2) is 0 Å². The van der Waals surface area contributed by atoms with E-state index in [1.807, 2.05) is 11.9 Å². The van der Waals surface area contributed by atoms with E-state index >= 15 is 0 Å². The summed E-state index contributed by atoms with van der Waals surface area (Å²) in [4.78, 5) is 13.6. The molecule has 1 fully saturated rings. The molecule has 0 bridgehead atoms. The topological polar surface area (TPSA) is 46.3 Å². The Kier molecular flexibility index (Phi) is 4.58. The Morgan fingerprint density at radius 2 is 2.20 bits per heavy atom. The van der Waals surface area contributed by atoms with E-state index in [1.54, 1.807) is 0 Å². The number of carbonyl (C=O) groups is 1. The Hall–Kier alpha value is -0.570. The molecular weight excluding hydrogens is 188 g/mol. The van der Waals surface area contributed by atoms with Crippen LogP contribution in [0.2, 0.25) is 0 Å². The van der Waals surface area contributed by atoms with Gasteiger partial charge in [0, 0.05) is 26.1 Å². The lowest BCUT2D eigenvalue weighted by molar-refractivity contribution is -0.130. The van der Waals surface area contributed by atoms with Crippen molar-refractivity contribution < 1.29 is 4.79 Å². The Balaban J connectivity index is 2.20. The Bertz CT molecular complexity index is 218. The highest BCUT2D eigenvalue weighted by Crippen LogP contribution is 2.37. The summed E-state index contributed by atoms with van der Waals surface area (Å²) in [5.41, 5.74) is 5.85. The fourth-order valence-corrected chi connectivity index (χ4v) is 1.96. The van der Waals surface area contributed by atoms with Crippen LogP contribution in [0.5, 0.6) is 0 Å². The van der Waals surface area contributed by atoms with E-state index in [0.717, 1.165) is 31.2 Å². The monoisotopic (exact) mass is 212 g/mol. The second kappa shape index (κ2) is 5.50. The average Bonchev–Trinajstić information content (AvgIpc) is 2.81. The van der Waals surface area contributed by atoms with Gasteiger partial charge in [-0.3, -0.25) is 4.79 Å². The van der Waals surface area contributed by atoms with Crippen molar-refractivity contribution in [1.29, 1.82) is 0 Å². The fraction of sp³-hybridized carbons (Fsp3) is 0.917. The van der Waals surface area contributed by atoms with Crippen molar-refractivity contribution >= 4 is 5.91 Å². The zero-order valence-electron chi connectivity index (χ0n) is 10.2. The van der Waals surface area contributed by atoms with E-state index in [-0.39, 0.29) is 11.9 Å². The van der Waals surface area contributed by atoms with Crippen LogP contribution >= 0.6 is 0 Å². The van der Waals surface area contributed by atoms with Crippen molar-refractivity contribution in [3.05, 3.63) is 0 Å². The van der Waals surface area contributed by atoms with Gasteiger partial charge in [0.15, 0.2) is 0 Å². The lowest BCUT2D eigenvalue weighted by Gasteiger charge is -2.19. The first-order chi connectivity index (χ1) is 7.04. The summed E-state index contributed by atoms with van der Waals surface area (Å²) in [5, 5.41) is 0. The molecule has 1 aliphatic carbocycles. The predicted octanol–water partition coefficient (Wildman–Crippen LogP) is 1.62. The number of amides is 1. The van der Waals surface area contributed by atoms with Crippen molar-refractivity contribution in [3.63, 3.8) is 0 Å². The maximum atomic E-state index is 11.7. The highest BCUT2D eigenvalue weighted by Gasteiger charge is 2.34. The Morgan fingerprint density at radius 1 is 1.60 bits per heavy atom. The van der Waals surface area contributed by atoms with Crippen molar-refractivity contribution in [2.24, 2.45) is 17.6 Å². The summed E-state index contributed by atoms with van der Waals surface area (Å²) in [6.45, 7) is 5.25. The fourth-order valence-electron chi connectivity index (χ4n) is 1.96. The highest BCUT2D eigenvalue weighted by atomic mass is 16.2. The van der Waals surface area contributed by atoms with Crippen LogP contribution in [0, 0.1) is 11.8 Å². The normalized spacial score (nSPS) is 26.1. The molecule has 0 heterocycles. The van der Waals surface area contributed by atoms with Crippen LogP contribution in [-0.4, -0.2) is 30.4 Å². The van der Waals surface area contributed by atoms with E-state index < -0.39 is 0 Å². The molecule has 0 spiro atoms. The van der Waals surface area contributed by atoms with E-state index in [1.165, 1.54) is 6.42 Å². The first-order valence-electron chi connectivity index (χ1n) is 6.04. The summed E-state index contributed by atoms with van der Waals surface area (Å²) in [6, 6.07) is 0.0431. The lowest BCUT2D eigenvalue weighted by atomic mass is 10.1. The summed E-state index contributed by atoms with van der Waals surface area (Å²) >= 11 is 0. The van der Waals surface area contributed by atoms with E-state index in [4.69, 9.17) is 5.73 Å². The smallest absolute Gasteiger partial charge is 0.223 e. The second-order valence-corrected chi connectivity index (χ2v) is 5.00. The Labute approximate surface area is 93.0 Å².